The second kappa shape index (κ2) is 5.05. The Labute approximate surface area is 90.6 Å². The fourth-order valence-electron chi connectivity index (χ4n) is 1.83. The highest BCUT2D eigenvalue weighted by molar-refractivity contribution is 5.12. The van der Waals surface area contributed by atoms with Crippen molar-refractivity contribution in [2.45, 2.75) is 13.0 Å². The Morgan fingerprint density at radius 3 is 2.73 bits per heavy atom. The Bertz CT molecular complexity index is 332. The zero-order valence-corrected chi connectivity index (χ0v) is 8.89. The van der Waals surface area contributed by atoms with Gasteiger partial charge in [0.1, 0.15) is 0 Å². The normalized spacial score (nSPS) is 17.5. The molecule has 0 radical (unpaired) electrons. The molecule has 0 unspecified atom stereocenters. The second-order valence-electron chi connectivity index (χ2n) is 3.91. The highest BCUT2D eigenvalue weighted by Gasteiger charge is 2.10. The Kier molecular flexibility index (Phi) is 3.48. The van der Waals surface area contributed by atoms with Gasteiger partial charge in [0.25, 0.3) is 0 Å². The van der Waals surface area contributed by atoms with Crippen LogP contribution in [-0.2, 0) is 6.54 Å². The zero-order chi connectivity index (χ0) is 10.5. The summed E-state index contributed by atoms with van der Waals surface area (Å²) in [6.45, 7) is 3.86. The van der Waals surface area contributed by atoms with Crippen LogP contribution in [0.2, 0.25) is 0 Å². The fourth-order valence-corrected chi connectivity index (χ4v) is 1.83. The molecule has 0 saturated heterocycles. The van der Waals surface area contributed by atoms with E-state index in [1.165, 1.54) is 11.1 Å². The largest absolute Gasteiger partial charge is 0.327 e. The maximum Gasteiger partial charge on any atom is 0.0271 e. The summed E-state index contributed by atoms with van der Waals surface area (Å²) < 4.78 is 0. The smallest absolute Gasteiger partial charge is 0.0271 e. The molecular weight excluding hydrogens is 186 g/mol. The van der Waals surface area contributed by atoms with Crippen LogP contribution in [0.4, 0.5) is 0 Å². The van der Waals surface area contributed by atoms with Gasteiger partial charge in [0.2, 0.25) is 0 Å². The quantitative estimate of drug-likeness (QED) is 0.750. The molecule has 0 aliphatic carbocycles. The Hall–Kier alpha value is -1.19. The molecule has 2 rings (SSSR count). The molecule has 0 atom stereocenters. The van der Waals surface area contributed by atoms with Crippen LogP contribution >= 0.6 is 0 Å². The topological polar surface area (TPSA) is 42.1 Å². The van der Waals surface area contributed by atoms with Crippen molar-refractivity contribution in [3.8, 4) is 0 Å². The zero-order valence-electron chi connectivity index (χ0n) is 8.89. The van der Waals surface area contributed by atoms with Crippen molar-refractivity contribution in [3.05, 3.63) is 41.7 Å². The summed E-state index contributed by atoms with van der Waals surface area (Å²) in [5.41, 5.74) is 8.32. The van der Waals surface area contributed by atoms with E-state index in [1.54, 1.807) is 0 Å². The molecule has 2 heterocycles. The van der Waals surface area contributed by atoms with E-state index in [-0.39, 0.29) is 0 Å². The van der Waals surface area contributed by atoms with Gasteiger partial charge in [-0.25, -0.2) is 0 Å². The Morgan fingerprint density at radius 1 is 1.33 bits per heavy atom. The van der Waals surface area contributed by atoms with Crippen molar-refractivity contribution in [1.29, 1.82) is 0 Å². The third-order valence-electron chi connectivity index (χ3n) is 2.81. The average molecular weight is 203 g/mol. The van der Waals surface area contributed by atoms with Crippen LogP contribution in [0.25, 0.3) is 0 Å². The molecule has 0 amide bonds. The van der Waals surface area contributed by atoms with Gasteiger partial charge in [0.15, 0.2) is 0 Å². The summed E-state index contributed by atoms with van der Waals surface area (Å²) in [5.74, 6) is 0. The van der Waals surface area contributed by atoms with E-state index in [9.17, 15) is 0 Å². The average Bonchev–Trinajstić information content (AvgIpc) is 2.31. The third-order valence-corrected chi connectivity index (χ3v) is 2.81. The second-order valence-corrected chi connectivity index (χ2v) is 3.91. The molecule has 0 fully saturated rings. The highest BCUT2D eigenvalue weighted by Crippen LogP contribution is 2.12. The van der Waals surface area contributed by atoms with Gasteiger partial charge in [-0.05, 0) is 24.1 Å². The van der Waals surface area contributed by atoms with Gasteiger partial charge in [0, 0.05) is 38.6 Å². The van der Waals surface area contributed by atoms with Gasteiger partial charge >= 0.3 is 0 Å². The van der Waals surface area contributed by atoms with Crippen molar-refractivity contribution < 1.29 is 0 Å². The molecule has 0 bridgehead atoms. The standard InChI is InChI=1S/C12H17N3/c13-9-11-3-7-15(8-4-11)10-12-1-5-14-6-2-12/h1-3,5-6H,4,7-10,13H2. The number of rotatable bonds is 3. The summed E-state index contributed by atoms with van der Waals surface area (Å²) in [4.78, 5) is 6.44. The minimum absolute atomic E-state index is 0.711. The predicted octanol–water partition coefficient (Wildman–Crippen LogP) is 1.17. The minimum Gasteiger partial charge on any atom is -0.327 e. The minimum atomic E-state index is 0.711. The number of hydrogen-bond acceptors (Lipinski definition) is 3. The summed E-state index contributed by atoms with van der Waals surface area (Å²) in [7, 11) is 0. The molecule has 2 N–H and O–H groups in total. The third kappa shape index (κ3) is 2.88. The van der Waals surface area contributed by atoms with Crippen LogP contribution in [0.15, 0.2) is 36.2 Å². The van der Waals surface area contributed by atoms with Crippen molar-refractivity contribution in [1.82, 2.24) is 9.88 Å². The molecule has 1 aromatic rings. The fraction of sp³-hybridized carbons (Fsp3) is 0.417. The molecule has 0 spiro atoms. The monoisotopic (exact) mass is 203 g/mol. The van der Waals surface area contributed by atoms with E-state index >= 15 is 0 Å². The molecule has 3 heteroatoms. The van der Waals surface area contributed by atoms with Crippen molar-refractivity contribution >= 4 is 0 Å². The van der Waals surface area contributed by atoms with Crippen LogP contribution in [-0.4, -0.2) is 29.5 Å². The Balaban J connectivity index is 1.90. The molecular formula is C12H17N3. The van der Waals surface area contributed by atoms with Gasteiger partial charge in [-0.15, -0.1) is 0 Å². The van der Waals surface area contributed by atoms with Crippen LogP contribution in [0.1, 0.15) is 12.0 Å². The first-order chi connectivity index (χ1) is 7.38. The summed E-state index contributed by atoms with van der Waals surface area (Å²) in [6.07, 6.45) is 7.06. The molecule has 1 aliphatic heterocycles. The van der Waals surface area contributed by atoms with Crippen molar-refractivity contribution in [2.75, 3.05) is 19.6 Å². The Morgan fingerprint density at radius 2 is 2.13 bits per heavy atom. The predicted molar refractivity (Wildman–Crippen MR) is 61.3 cm³/mol. The SMILES string of the molecule is NCC1=CCN(Cc2ccncc2)CC1. The number of nitrogens with two attached hydrogens (primary N) is 1. The van der Waals surface area contributed by atoms with Crippen LogP contribution < -0.4 is 5.73 Å². The number of hydrogen-bond donors (Lipinski definition) is 1. The number of pyridine rings is 1. The number of aromatic nitrogens is 1. The molecule has 3 nitrogen and oxygen atoms in total. The first kappa shape index (κ1) is 10.3. The van der Waals surface area contributed by atoms with Gasteiger partial charge in [-0.3, -0.25) is 9.88 Å². The maximum absolute atomic E-state index is 5.61. The van der Waals surface area contributed by atoms with Crippen LogP contribution in [0.3, 0.4) is 0 Å². The molecule has 0 aromatic carbocycles. The van der Waals surface area contributed by atoms with Crippen molar-refractivity contribution in [2.24, 2.45) is 5.73 Å². The molecule has 1 aliphatic rings. The van der Waals surface area contributed by atoms with Crippen molar-refractivity contribution in [3.63, 3.8) is 0 Å². The lowest BCUT2D eigenvalue weighted by molar-refractivity contribution is 0.285. The van der Waals surface area contributed by atoms with Gasteiger partial charge in [0.05, 0.1) is 0 Å². The van der Waals surface area contributed by atoms with Crippen LogP contribution in [0.5, 0.6) is 0 Å². The number of nitrogens with zero attached hydrogens (tertiary/aromatic N) is 2. The summed E-state index contributed by atoms with van der Waals surface area (Å²) in [5, 5.41) is 0. The molecule has 1 aromatic heterocycles. The van der Waals surface area contributed by atoms with E-state index in [0.717, 1.165) is 26.1 Å². The summed E-state index contributed by atoms with van der Waals surface area (Å²) in [6, 6.07) is 4.14. The van der Waals surface area contributed by atoms with E-state index in [4.69, 9.17) is 5.73 Å². The maximum atomic E-state index is 5.61. The first-order valence-corrected chi connectivity index (χ1v) is 5.37. The lowest BCUT2D eigenvalue weighted by atomic mass is 10.1. The highest BCUT2D eigenvalue weighted by atomic mass is 15.1. The van der Waals surface area contributed by atoms with E-state index in [1.807, 2.05) is 12.4 Å². The van der Waals surface area contributed by atoms with Gasteiger partial charge in [-0.1, -0.05) is 11.6 Å². The molecule has 80 valence electrons. The van der Waals surface area contributed by atoms with Crippen LogP contribution in [0, 0.1) is 0 Å². The van der Waals surface area contributed by atoms with E-state index < -0.39 is 0 Å². The summed E-state index contributed by atoms with van der Waals surface area (Å²) >= 11 is 0. The molecule has 0 saturated carbocycles. The van der Waals surface area contributed by atoms with E-state index in [2.05, 4.69) is 28.1 Å². The van der Waals surface area contributed by atoms with E-state index in [0.29, 0.717) is 6.54 Å². The molecule has 15 heavy (non-hydrogen) atoms. The first-order valence-electron chi connectivity index (χ1n) is 5.37. The lowest BCUT2D eigenvalue weighted by Gasteiger charge is -2.25. The van der Waals surface area contributed by atoms with Gasteiger partial charge < -0.3 is 5.73 Å². The van der Waals surface area contributed by atoms with Gasteiger partial charge in [-0.2, -0.15) is 0 Å². The lowest BCUT2D eigenvalue weighted by Crippen LogP contribution is -2.29.